The molecular weight excluding hydrogens is 973 g/mol. The van der Waals surface area contributed by atoms with Crippen LogP contribution in [-0.2, 0) is 0 Å². The average Bonchev–Trinajstić information content (AvgIpc) is 3.94. The van der Waals surface area contributed by atoms with Gasteiger partial charge in [-0.3, -0.25) is 0 Å². The zero-order chi connectivity index (χ0) is 52.5. The predicted octanol–water partition coefficient (Wildman–Crippen LogP) is 22.1. The maximum absolute atomic E-state index is 2.49. The van der Waals surface area contributed by atoms with Crippen molar-refractivity contribution in [2.45, 2.75) is 0 Å². The number of rotatable bonds is 12. The summed E-state index contributed by atoms with van der Waals surface area (Å²) in [5.74, 6) is 0. The summed E-state index contributed by atoms with van der Waals surface area (Å²) in [6.07, 6.45) is 0. The van der Waals surface area contributed by atoms with Crippen molar-refractivity contribution in [2.75, 3.05) is 9.80 Å². The van der Waals surface area contributed by atoms with E-state index in [0.29, 0.717) is 0 Å². The molecule has 0 aliphatic carbocycles. The Kier molecular flexibility index (Phi) is 12.5. The van der Waals surface area contributed by atoms with Gasteiger partial charge in [0.15, 0.2) is 0 Å². The van der Waals surface area contributed by atoms with Crippen LogP contribution in [0.15, 0.2) is 315 Å². The van der Waals surface area contributed by atoms with E-state index in [2.05, 4.69) is 325 Å². The summed E-state index contributed by atoms with van der Waals surface area (Å²) >= 11 is 1.85. The lowest BCUT2D eigenvalue weighted by Crippen LogP contribution is -2.12. The number of anilines is 6. The molecule has 0 spiro atoms. The van der Waals surface area contributed by atoms with E-state index in [4.69, 9.17) is 0 Å². The van der Waals surface area contributed by atoms with Crippen molar-refractivity contribution in [3.63, 3.8) is 0 Å². The molecule has 1 heterocycles. The highest BCUT2D eigenvalue weighted by atomic mass is 32.1. The summed E-state index contributed by atoms with van der Waals surface area (Å²) in [6, 6.07) is 115. The second-order valence-corrected chi connectivity index (χ2v) is 21.1. The van der Waals surface area contributed by atoms with Crippen LogP contribution in [0.3, 0.4) is 0 Å². The van der Waals surface area contributed by atoms with E-state index < -0.39 is 0 Å². The minimum Gasteiger partial charge on any atom is -0.310 e. The third-order valence-corrected chi connectivity index (χ3v) is 16.4. The molecule has 0 saturated heterocycles. The molecular formula is C76H52N2S. The van der Waals surface area contributed by atoms with E-state index in [1.54, 1.807) is 0 Å². The lowest BCUT2D eigenvalue weighted by molar-refractivity contribution is 1.28. The van der Waals surface area contributed by atoms with Crippen molar-refractivity contribution in [2.24, 2.45) is 0 Å². The summed E-state index contributed by atoms with van der Waals surface area (Å²) in [4.78, 5) is 4.92. The van der Waals surface area contributed by atoms with Gasteiger partial charge in [-0.1, -0.05) is 243 Å². The van der Waals surface area contributed by atoms with Crippen molar-refractivity contribution in [3.05, 3.63) is 315 Å². The van der Waals surface area contributed by atoms with Gasteiger partial charge in [0.05, 0.1) is 17.1 Å². The van der Waals surface area contributed by atoms with E-state index in [1.165, 1.54) is 64.3 Å². The molecule has 1 aromatic heterocycles. The molecule has 14 aromatic rings. The fraction of sp³-hybridized carbons (Fsp3) is 0. The maximum Gasteiger partial charge on any atom is 0.0555 e. The molecule has 0 saturated carbocycles. The SMILES string of the molecule is c1ccc(-c2ccc(-c3ccc(N(c4cccc(-c5ccc6ccccc6c5)c4)c4ccccc4-c4cccc(N(c5ccccc5-c5ccc(-c6ccccc6)cc5)c5cccc6sc7ccccc7c56)c4)cc3)cc2)cc1. The molecule has 13 aromatic carbocycles. The molecule has 0 aliphatic heterocycles. The van der Waals surface area contributed by atoms with Crippen LogP contribution in [0.5, 0.6) is 0 Å². The van der Waals surface area contributed by atoms with Crippen molar-refractivity contribution in [3.8, 4) is 66.8 Å². The molecule has 372 valence electrons. The van der Waals surface area contributed by atoms with E-state index in [-0.39, 0.29) is 0 Å². The standard InChI is InChI=1S/C76H52N2S/c1-3-18-53(19-4-1)56-36-38-58(39-37-56)59-46-48-65(49-47-59)77(66-26-15-24-62(51-66)63-45-42-55-22-7-8-23-61(55)50-63)71-31-12-10-29-69(71)64-25-16-27-67(52-64)78(73-33-17-35-75-76(73)70-30-11-14-34-74(70)79-75)72-32-13-9-28-68(72)60-43-40-57(41-44-60)54-20-5-2-6-21-54/h1-52H. The van der Waals surface area contributed by atoms with Crippen LogP contribution in [0.1, 0.15) is 0 Å². The Morgan fingerprint density at radius 2 is 0.633 bits per heavy atom. The van der Waals surface area contributed by atoms with E-state index in [1.807, 2.05) is 11.3 Å². The summed E-state index contributed by atoms with van der Waals surface area (Å²) in [5.41, 5.74) is 20.5. The number of fused-ring (bicyclic) bond motifs is 4. The van der Waals surface area contributed by atoms with Gasteiger partial charge in [-0.25, -0.2) is 0 Å². The second-order valence-electron chi connectivity index (χ2n) is 20.0. The topological polar surface area (TPSA) is 6.48 Å². The van der Waals surface area contributed by atoms with Gasteiger partial charge in [0.2, 0.25) is 0 Å². The number of hydrogen-bond acceptors (Lipinski definition) is 3. The first-order valence-electron chi connectivity index (χ1n) is 27.0. The number of nitrogens with zero attached hydrogens (tertiary/aromatic N) is 2. The Morgan fingerprint density at radius 1 is 0.215 bits per heavy atom. The average molecular weight is 1030 g/mol. The van der Waals surface area contributed by atoms with Crippen LogP contribution in [0.25, 0.3) is 97.7 Å². The molecule has 0 radical (unpaired) electrons. The first-order chi connectivity index (χ1) is 39.2. The summed E-state index contributed by atoms with van der Waals surface area (Å²) < 4.78 is 2.53. The Bertz CT molecular complexity index is 4470. The Morgan fingerprint density at radius 3 is 1.30 bits per heavy atom. The van der Waals surface area contributed by atoms with Crippen LogP contribution in [-0.4, -0.2) is 0 Å². The van der Waals surface area contributed by atoms with Gasteiger partial charge in [-0.05, 0) is 139 Å². The van der Waals surface area contributed by atoms with E-state index in [9.17, 15) is 0 Å². The first kappa shape index (κ1) is 47.4. The molecule has 0 bridgehead atoms. The third kappa shape index (κ3) is 9.23. The minimum atomic E-state index is 1.06. The Balaban J connectivity index is 0.914. The monoisotopic (exact) mass is 1020 g/mol. The first-order valence-corrected chi connectivity index (χ1v) is 27.8. The highest BCUT2D eigenvalue weighted by molar-refractivity contribution is 7.26. The third-order valence-electron chi connectivity index (χ3n) is 15.3. The van der Waals surface area contributed by atoms with Crippen molar-refractivity contribution >= 4 is 76.4 Å². The quantitative estimate of drug-likeness (QED) is 0.120. The lowest BCUT2D eigenvalue weighted by Gasteiger charge is -2.30. The molecule has 0 fully saturated rings. The number of thiophene rings is 1. The maximum atomic E-state index is 2.49. The zero-order valence-electron chi connectivity index (χ0n) is 43.3. The molecule has 14 rings (SSSR count). The molecule has 0 N–H and O–H groups in total. The van der Waals surface area contributed by atoms with Crippen molar-refractivity contribution in [1.82, 2.24) is 0 Å². The van der Waals surface area contributed by atoms with Crippen LogP contribution >= 0.6 is 11.3 Å². The zero-order valence-corrected chi connectivity index (χ0v) is 44.1. The van der Waals surface area contributed by atoms with Gasteiger partial charge in [0.1, 0.15) is 0 Å². The molecule has 0 atom stereocenters. The molecule has 79 heavy (non-hydrogen) atoms. The lowest BCUT2D eigenvalue weighted by atomic mass is 9.97. The largest absolute Gasteiger partial charge is 0.310 e. The van der Waals surface area contributed by atoms with Crippen molar-refractivity contribution in [1.29, 1.82) is 0 Å². The molecule has 0 amide bonds. The smallest absolute Gasteiger partial charge is 0.0555 e. The van der Waals surface area contributed by atoms with Gasteiger partial charge in [-0.15, -0.1) is 11.3 Å². The van der Waals surface area contributed by atoms with Gasteiger partial charge in [0, 0.05) is 48.4 Å². The van der Waals surface area contributed by atoms with E-state index >= 15 is 0 Å². The van der Waals surface area contributed by atoms with Crippen LogP contribution < -0.4 is 9.80 Å². The van der Waals surface area contributed by atoms with Crippen molar-refractivity contribution < 1.29 is 0 Å². The Labute approximate surface area is 465 Å². The highest BCUT2D eigenvalue weighted by Crippen LogP contribution is 2.49. The Hall–Kier alpha value is -10.1. The summed E-state index contributed by atoms with van der Waals surface area (Å²) in [7, 11) is 0. The molecule has 0 aliphatic rings. The molecule has 0 unspecified atom stereocenters. The second kappa shape index (κ2) is 20.8. The van der Waals surface area contributed by atoms with Gasteiger partial charge in [0.25, 0.3) is 0 Å². The minimum absolute atomic E-state index is 1.06. The van der Waals surface area contributed by atoms with Gasteiger partial charge < -0.3 is 9.80 Å². The van der Waals surface area contributed by atoms with Crippen LogP contribution in [0, 0.1) is 0 Å². The normalized spacial score (nSPS) is 11.3. The van der Waals surface area contributed by atoms with E-state index in [0.717, 1.165) is 67.5 Å². The van der Waals surface area contributed by atoms with Gasteiger partial charge in [-0.2, -0.15) is 0 Å². The fourth-order valence-electron chi connectivity index (χ4n) is 11.4. The van der Waals surface area contributed by atoms with Crippen LogP contribution in [0.4, 0.5) is 34.1 Å². The number of para-hydroxylation sites is 2. The predicted molar refractivity (Wildman–Crippen MR) is 339 cm³/mol. The highest BCUT2D eigenvalue weighted by Gasteiger charge is 2.24. The number of benzene rings is 13. The summed E-state index contributed by atoms with van der Waals surface area (Å²) in [6.45, 7) is 0. The van der Waals surface area contributed by atoms with Crippen LogP contribution in [0.2, 0.25) is 0 Å². The number of hydrogen-bond donors (Lipinski definition) is 0. The fourth-order valence-corrected chi connectivity index (χ4v) is 12.5. The molecule has 2 nitrogen and oxygen atoms in total. The summed E-state index contributed by atoms with van der Waals surface area (Å²) in [5, 5.41) is 4.96. The van der Waals surface area contributed by atoms with Gasteiger partial charge >= 0.3 is 0 Å². The molecule has 3 heteroatoms.